The summed E-state index contributed by atoms with van der Waals surface area (Å²) in [5.41, 5.74) is 4.09. The molecule has 0 saturated heterocycles. The Hall–Kier alpha value is -1.21. The third kappa shape index (κ3) is 3.94. The molecule has 0 aliphatic rings. The molecule has 0 saturated carbocycles. The second kappa shape index (κ2) is 5.92. The smallest absolute Gasteiger partial charge is 0.00722 e. The second-order valence-electron chi connectivity index (χ2n) is 4.40. The van der Waals surface area contributed by atoms with Crippen LogP contribution in [0.2, 0.25) is 0 Å². The van der Waals surface area contributed by atoms with Gasteiger partial charge in [-0.1, -0.05) is 47.5 Å². The Labute approximate surface area is 108 Å². The van der Waals surface area contributed by atoms with Crippen LogP contribution < -0.4 is 0 Å². The summed E-state index contributed by atoms with van der Waals surface area (Å²) in [6.45, 7) is 4.26. The van der Waals surface area contributed by atoms with E-state index in [4.69, 9.17) is 0 Å². The Balaban J connectivity index is 1.83. The highest BCUT2D eigenvalue weighted by Crippen LogP contribution is 2.19. The van der Waals surface area contributed by atoms with Crippen LogP contribution in [0.15, 0.2) is 53.4 Å². The summed E-state index contributed by atoms with van der Waals surface area (Å²) in [6, 6.07) is 17.6. The van der Waals surface area contributed by atoms with Crippen molar-refractivity contribution >= 4 is 11.8 Å². The zero-order valence-corrected chi connectivity index (χ0v) is 11.3. The van der Waals surface area contributed by atoms with E-state index in [1.54, 1.807) is 0 Å². The molecule has 0 heterocycles. The van der Waals surface area contributed by atoms with Gasteiger partial charge in [0.1, 0.15) is 0 Å². The summed E-state index contributed by atoms with van der Waals surface area (Å²) in [7, 11) is 0. The normalized spacial score (nSPS) is 10.5. The topological polar surface area (TPSA) is 0 Å². The quantitative estimate of drug-likeness (QED) is 0.704. The van der Waals surface area contributed by atoms with E-state index in [0.717, 1.165) is 12.2 Å². The zero-order valence-electron chi connectivity index (χ0n) is 10.4. The fourth-order valence-corrected chi connectivity index (χ4v) is 2.58. The summed E-state index contributed by atoms with van der Waals surface area (Å²) in [5.74, 6) is 1.14. The molecule has 0 aliphatic heterocycles. The number of hydrogen-bond donors (Lipinski definition) is 0. The SMILES string of the molecule is Cc1ccc(CCSc2ccc(C)cc2)cc1. The third-order valence-electron chi connectivity index (χ3n) is 2.80. The zero-order chi connectivity index (χ0) is 12.1. The molecule has 0 unspecified atom stereocenters. The van der Waals surface area contributed by atoms with E-state index in [9.17, 15) is 0 Å². The van der Waals surface area contributed by atoms with E-state index >= 15 is 0 Å². The van der Waals surface area contributed by atoms with Gasteiger partial charge in [0.25, 0.3) is 0 Å². The predicted molar refractivity (Wildman–Crippen MR) is 76.8 cm³/mol. The highest BCUT2D eigenvalue weighted by molar-refractivity contribution is 7.99. The molecule has 0 fully saturated rings. The maximum absolute atomic E-state index is 2.23. The second-order valence-corrected chi connectivity index (χ2v) is 5.57. The molecule has 0 aromatic heterocycles. The van der Waals surface area contributed by atoms with E-state index in [0.29, 0.717) is 0 Å². The average Bonchev–Trinajstić information content (AvgIpc) is 2.34. The summed E-state index contributed by atoms with van der Waals surface area (Å²) < 4.78 is 0. The minimum atomic E-state index is 1.14. The van der Waals surface area contributed by atoms with Gasteiger partial charge >= 0.3 is 0 Å². The first kappa shape index (κ1) is 12.3. The van der Waals surface area contributed by atoms with Gasteiger partial charge in [-0.3, -0.25) is 0 Å². The van der Waals surface area contributed by atoms with Crippen LogP contribution in [-0.4, -0.2) is 5.75 Å². The minimum Gasteiger partial charge on any atom is -0.126 e. The monoisotopic (exact) mass is 242 g/mol. The third-order valence-corrected chi connectivity index (χ3v) is 3.81. The van der Waals surface area contributed by atoms with Crippen LogP contribution in [0.4, 0.5) is 0 Å². The van der Waals surface area contributed by atoms with Gasteiger partial charge in [0.15, 0.2) is 0 Å². The molecule has 17 heavy (non-hydrogen) atoms. The Kier molecular flexibility index (Phi) is 4.27. The molecule has 88 valence electrons. The van der Waals surface area contributed by atoms with Gasteiger partial charge in [0.05, 0.1) is 0 Å². The van der Waals surface area contributed by atoms with Crippen molar-refractivity contribution in [3.05, 3.63) is 65.2 Å². The first-order valence-corrected chi connectivity index (χ1v) is 6.97. The number of hydrogen-bond acceptors (Lipinski definition) is 1. The van der Waals surface area contributed by atoms with Crippen LogP contribution in [-0.2, 0) is 6.42 Å². The predicted octanol–water partition coefficient (Wildman–Crippen LogP) is 4.64. The van der Waals surface area contributed by atoms with Gasteiger partial charge in [0, 0.05) is 10.6 Å². The van der Waals surface area contributed by atoms with E-state index < -0.39 is 0 Å². The fourth-order valence-electron chi connectivity index (χ4n) is 1.68. The molecule has 0 N–H and O–H groups in total. The van der Waals surface area contributed by atoms with Gasteiger partial charge in [-0.05, 0) is 38.0 Å². The summed E-state index contributed by atoms with van der Waals surface area (Å²) >= 11 is 1.93. The lowest BCUT2D eigenvalue weighted by molar-refractivity contribution is 1.15. The molecule has 0 radical (unpaired) electrons. The lowest BCUT2D eigenvalue weighted by Gasteiger charge is -2.03. The number of thioether (sulfide) groups is 1. The lowest BCUT2D eigenvalue weighted by atomic mass is 10.1. The first-order chi connectivity index (χ1) is 8.24. The van der Waals surface area contributed by atoms with Gasteiger partial charge in [-0.2, -0.15) is 0 Å². The van der Waals surface area contributed by atoms with Crippen molar-refractivity contribution in [1.29, 1.82) is 0 Å². The fraction of sp³-hybridized carbons (Fsp3) is 0.250. The van der Waals surface area contributed by atoms with Gasteiger partial charge in [0.2, 0.25) is 0 Å². The molecular formula is C16H18S. The van der Waals surface area contributed by atoms with Crippen molar-refractivity contribution in [3.63, 3.8) is 0 Å². The Bertz CT molecular complexity index is 408. The number of benzene rings is 2. The number of aryl methyl sites for hydroxylation is 3. The molecule has 1 heteroatoms. The molecule has 0 atom stereocenters. The van der Waals surface area contributed by atoms with E-state index in [2.05, 4.69) is 62.4 Å². The van der Waals surface area contributed by atoms with Crippen molar-refractivity contribution in [3.8, 4) is 0 Å². The molecule has 2 aromatic rings. The van der Waals surface area contributed by atoms with Crippen molar-refractivity contribution in [2.45, 2.75) is 25.2 Å². The van der Waals surface area contributed by atoms with E-state index in [1.807, 2.05) is 11.8 Å². The van der Waals surface area contributed by atoms with Crippen LogP contribution in [0.5, 0.6) is 0 Å². The van der Waals surface area contributed by atoms with Crippen molar-refractivity contribution in [2.24, 2.45) is 0 Å². The maximum atomic E-state index is 2.23. The Morgan fingerprint density at radius 3 is 1.88 bits per heavy atom. The van der Waals surface area contributed by atoms with E-state index in [1.165, 1.54) is 21.6 Å². The van der Waals surface area contributed by atoms with Crippen LogP contribution in [0.1, 0.15) is 16.7 Å². The minimum absolute atomic E-state index is 1.14. The molecule has 2 aromatic carbocycles. The van der Waals surface area contributed by atoms with Crippen LogP contribution in [0, 0.1) is 13.8 Å². The standard InChI is InChI=1S/C16H18S/c1-13-3-7-15(8-4-13)11-12-17-16-9-5-14(2)6-10-16/h3-10H,11-12H2,1-2H3. The van der Waals surface area contributed by atoms with Gasteiger partial charge in [-0.25, -0.2) is 0 Å². The van der Waals surface area contributed by atoms with Crippen molar-refractivity contribution < 1.29 is 0 Å². The molecule has 0 amide bonds. The van der Waals surface area contributed by atoms with Crippen molar-refractivity contribution in [2.75, 3.05) is 5.75 Å². The molecule has 0 aliphatic carbocycles. The van der Waals surface area contributed by atoms with Crippen LogP contribution >= 0.6 is 11.8 Å². The van der Waals surface area contributed by atoms with Gasteiger partial charge < -0.3 is 0 Å². The molecule has 0 spiro atoms. The van der Waals surface area contributed by atoms with Crippen LogP contribution in [0.3, 0.4) is 0 Å². The summed E-state index contributed by atoms with van der Waals surface area (Å²) in [5, 5.41) is 0. The first-order valence-electron chi connectivity index (χ1n) is 5.99. The highest BCUT2D eigenvalue weighted by atomic mass is 32.2. The molecule has 0 nitrogen and oxygen atoms in total. The molecule has 0 bridgehead atoms. The summed E-state index contributed by atoms with van der Waals surface area (Å²) in [4.78, 5) is 1.36. The van der Waals surface area contributed by atoms with E-state index in [-0.39, 0.29) is 0 Å². The Morgan fingerprint density at radius 2 is 1.29 bits per heavy atom. The Morgan fingerprint density at radius 1 is 0.765 bits per heavy atom. The van der Waals surface area contributed by atoms with Crippen LogP contribution in [0.25, 0.3) is 0 Å². The number of rotatable bonds is 4. The van der Waals surface area contributed by atoms with Crippen molar-refractivity contribution in [1.82, 2.24) is 0 Å². The highest BCUT2D eigenvalue weighted by Gasteiger charge is 1.96. The molecule has 2 rings (SSSR count). The van der Waals surface area contributed by atoms with Gasteiger partial charge in [-0.15, -0.1) is 11.8 Å². The largest absolute Gasteiger partial charge is 0.126 e. The lowest BCUT2D eigenvalue weighted by Crippen LogP contribution is -1.88. The molecular weight excluding hydrogens is 224 g/mol. The maximum Gasteiger partial charge on any atom is 0.00722 e. The summed E-state index contributed by atoms with van der Waals surface area (Å²) in [6.07, 6.45) is 1.14. The average molecular weight is 242 g/mol.